The average Bonchev–Trinajstić information content (AvgIpc) is 3.22. The lowest BCUT2D eigenvalue weighted by atomic mass is 10.2. The van der Waals surface area contributed by atoms with Gasteiger partial charge in [0.2, 0.25) is 5.91 Å². The number of anilines is 2. The smallest absolute Gasteiger partial charge is 0.248 e. The zero-order valence-electron chi connectivity index (χ0n) is 17.4. The minimum atomic E-state index is -0.282. The molecule has 0 atom stereocenters. The first-order valence-corrected chi connectivity index (χ1v) is 11.3. The molecule has 1 N–H and O–H groups in total. The third-order valence-corrected chi connectivity index (χ3v) is 6.13. The summed E-state index contributed by atoms with van der Waals surface area (Å²) in [5, 5.41) is 4.50. The molecule has 1 amide bonds. The van der Waals surface area contributed by atoms with Gasteiger partial charge in [-0.15, -0.1) is 0 Å². The largest absolute Gasteiger partial charge is 0.457 e. The maximum atomic E-state index is 12.4. The molecule has 1 aliphatic rings. The van der Waals surface area contributed by atoms with Crippen molar-refractivity contribution in [3.05, 3.63) is 75.4 Å². The molecule has 0 bridgehead atoms. The van der Waals surface area contributed by atoms with E-state index in [1.807, 2.05) is 12.1 Å². The molecule has 4 rings (SSSR count). The lowest BCUT2D eigenvalue weighted by molar-refractivity contribution is -0.111. The van der Waals surface area contributed by atoms with Crippen LogP contribution in [0.2, 0.25) is 15.1 Å². The van der Waals surface area contributed by atoms with Crippen LogP contribution in [0.3, 0.4) is 0 Å². The molecule has 2 aromatic carbocycles. The topological polar surface area (TPSA) is 48.7 Å². The van der Waals surface area contributed by atoms with Crippen LogP contribution < -0.4 is 10.2 Å². The van der Waals surface area contributed by atoms with Gasteiger partial charge < -0.3 is 19.5 Å². The van der Waals surface area contributed by atoms with Gasteiger partial charge in [0, 0.05) is 48.5 Å². The van der Waals surface area contributed by atoms with E-state index in [1.165, 1.54) is 6.08 Å². The molecule has 2 heterocycles. The molecule has 1 saturated heterocycles. The predicted octanol–water partition coefficient (Wildman–Crippen LogP) is 6.31. The molecule has 8 heteroatoms. The number of likely N-dealkylation sites (N-methyl/N-ethyl adjacent to an activating group) is 1. The van der Waals surface area contributed by atoms with Crippen LogP contribution in [0.1, 0.15) is 5.76 Å². The van der Waals surface area contributed by atoms with E-state index in [9.17, 15) is 4.79 Å². The Labute approximate surface area is 202 Å². The highest BCUT2D eigenvalue weighted by molar-refractivity contribution is 6.36. The third-order valence-electron chi connectivity index (χ3n) is 5.28. The molecule has 1 fully saturated rings. The minimum absolute atomic E-state index is 0.282. The number of hydrogen-bond acceptors (Lipinski definition) is 4. The second-order valence-electron chi connectivity index (χ2n) is 7.61. The van der Waals surface area contributed by atoms with Gasteiger partial charge in [-0.2, -0.15) is 0 Å². The Morgan fingerprint density at radius 3 is 2.47 bits per heavy atom. The average molecular weight is 491 g/mol. The van der Waals surface area contributed by atoms with Crippen molar-refractivity contribution in [2.45, 2.75) is 0 Å². The number of hydrogen-bond donors (Lipinski definition) is 1. The first-order chi connectivity index (χ1) is 15.4. The minimum Gasteiger partial charge on any atom is -0.457 e. The molecule has 0 unspecified atom stereocenters. The van der Waals surface area contributed by atoms with E-state index in [0.29, 0.717) is 32.3 Å². The maximum Gasteiger partial charge on any atom is 0.248 e. The number of nitrogens with one attached hydrogen (secondary N) is 1. The summed E-state index contributed by atoms with van der Waals surface area (Å²) >= 11 is 18.6. The number of halogens is 3. The normalized spacial score (nSPS) is 14.8. The van der Waals surface area contributed by atoms with Crippen LogP contribution >= 0.6 is 34.8 Å². The number of carbonyl (C=O) groups excluding carboxylic acids is 1. The zero-order chi connectivity index (χ0) is 22.7. The third kappa shape index (κ3) is 5.48. The van der Waals surface area contributed by atoms with Crippen molar-refractivity contribution in [2.75, 3.05) is 43.4 Å². The van der Waals surface area contributed by atoms with Gasteiger partial charge in [-0.05, 0) is 61.7 Å². The highest BCUT2D eigenvalue weighted by atomic mass is 35.5. The van der Waals surface area contributed by atoms with Gasteiger partial charge in [0.1, 0.15) is 11.5 Å². The molecule has 1 aliphatic heterocycles. The van der Waals surface area contributed by atoms with Crippen molar-refractivity contribution in [1.29, 1.82) is 0 Å². The Bertz CT molecular complexity index is 1150. The van der Waals surface area contributed by atoms with Gasteiger partial charge in [0.15, 0.2) is 0 Å². The fourth-order valence-corrected chi connectivity index (χ4v) is 4.31. The molecule has 0 saturated carbocycles. The Kier molecular flexibility index (Phi) is 7.11. The molecule has 32 heavy (non-hydrogen) atoms. The van der Waals surface area contributed by atoms with Gasteiger partial charge in [-0.1, -0.05) is 34.8 Å². The number of carbonyl (C=O) groups is 1. The number of benzene rings is 2. The van der Waals surface area contributed by atoms with E-state index in [-0.39, 0.29) is 5.91 Å². The highest BCUT2D eigenvalue weighted by Gasteiger charge is 2.17. The molecule has 0 aliphatic carbocycles. The first-order valence-electron chi connectivity index (χ1n) is 10.2. The lowest BCUT2D eigenvalue weighted by Gasteiger charge is -2.34. The fourth-order valence-electron chi connectivity index (χ4n) is 3.51. The van der Waals surface area contributed by atoms with Gasteiger partial charge in [0.05, 0.1) is 15.7 Å². The van der Waals surface area contributed by atoms with Crippen molar-refractivity contribution in [2.24, 2.45) is 0 Å². The summed E-state index contributed by atoms with van der Waals surface area (Å²) in [6, 6.07) is 14.3. The molecule has 166 valence electrons. The summed E-state index contributed by atoms with van der Waals surface area (Å²) in [6.45, 7) is 3.85. The van der Waals surface area contributed by atoms with Gasteiger partial charge in [-0.25, -0.2) is 0 Å². The second-order valence-corrected chi connectivity index (χ2v) is 8.86. The first kappa shape index (κ1) is 22.7. The van der Waals surface area contributed by atoms with Crippen molar-refractivity contribution in [1.82, 2.24) is 4.90 Å². The van der Waals surface area contributed by atoms with Crippen LogP contribution in [-0.2, 0) is 4.79 Å². The summed E-state index contributed by atoms with van der Waals surface area (Å²) in [5.74, 6) is 0.846. The second kappa shape index (κ2) is 10.0. The SMILES string of the molecule is CN1CCN(c2ccc(NC(=O)/C=C/c3ccc(-c4ccc(Cl)cc4Cl)o3)cc2Cl)CC1. The van der Waals surface area contributed by atoms with E-state index in [0.717, 1.165) is 37.4 Å². The number of rotatable bonds is 5. The molecular weight excluding hydrogens is 469 g/mol. The van der Waals surface area contributed by atoms with Crippen LogP contribution in [0.5, 0.6) is 0 Å². The Balaban J connectivity index is 1.38. The summed E-state index contributed by atoms with van der Waals surface area (Å²) in [6.07, 6.45) is 3.01. The maximum absolute atomic E-state index is 12.4. The highest BCUT2D eigenvalue weighted by Crippen LogP contribution is 2.32. The Hall–Kier alpha value is -2.44. The standard InChI is InChI=1S/C24H22Cl3N3O2/c1-29-10-12-30(13-11-29)22-7-3-17(15-21(22)27)28-24(31)9-5-18-4-8-23(32-18)19-6-2-16(25)14-20(19)26/h2-9,14-15H,10-13H2,1H3,(H,28,31)/b9-5+. The number of furan rings is 1. The number of nitrogens with zero attached hydrogens (tertiary/aromatic N) is 2. The van der Waals surface area contributed by atoms with Crippen molar-refractivity contribution in [3.63, 3.8) is 0 Å². The molecule has 5 nitrogen and oxygen atoms in total. The molecule has 0 spiro atoms. The lowest BCUT2D eigenvalue weighted by Crippen LogP contribution is -2.44. The monoisotopic (exact) mass is 489 g/mol. The summed E-state index contributed by atoms with van der Waals surface area (Å²) in [5.41, 5.74) is 2.35. The van der Waals surface area contributed by atoms with Gasteiger partial charge in [-0.3, -0.25) is 4.79 Å². The van der Waals surface area contributed by atoms with E-state index in [4.69, 9.17) is 39.2 Å². The quantitative estimate of drug-likeness (QED) is 0.426. The zero-order valence-corrected chi connectivity index (χ0v) is 19.7. The predicted molar refractivity (Wildman–Crippen MR) is 133 cm³/mol. The van der Waals surface area contributed by atoms with Gasteiger partial charge in [0.25, 0.3) is 0 Å². The Morgan fingerprint density at radius 2 is 1.75 bits per heavy atom. The van der Waals surface area contributed by atoms with Crippen LogP contribution in [-0.4, -0.2) is 44.0 Å². The molecule has 1 aromatic heterocycles. The number of piperazine rings is 1. The van der Waals surface area contributed by atoms with Crippen molar-refractivity contribution < 1.29 is 9.21 Å². The number of amides is 1. The van der Waals surface area contributed by atoms with Crippen LogP contribution in [0, 0.1) is 0 Å². The molecular formula is C24H22Cl3N3O2. The van der Waals surface area contributed by atoms with E-state index >= 15 is 0 Å². The van der Waals surface area contributed by atoms with Gasteiger partial charge >= 0.3 is 0 Å². The summed E-state index contributed by atoms with van der Waals surface area (Å²) in [4.78, 5) is 16.9. The fraction of sp³-hybridized carbons (Fsp3) is 0.208. The van der Waals surface area contributed by atoms with E-state index in [2.05, 4.69) is 22.2 Å². The van der Waals surface area contributed by atoms with Crippen LogP contribution in [0.25, 0.3) is 17.4 Å². The Morgan fingerprint density at radius 1 is 0.969 bits per heavy atom. The molecule has 3 aromatic rings. The van der Waals surface area contributed by atoms with Crippen LogP contribution in [0.15, 0.2) is 59.0 Å². The summed E-state index contributed by atoms with van der Waals surface area (Å²) in [7, 11) is 2.11. The van der Waals surface area contributed by atoms with E-state index in [1.54, 1.807) is 42.5 Å². The molecule has 0 radical (unpaired) electrons. The van der Waals surface area contributed by atoms with E-state index < -0.39 is 0 Å². The van der Waals surface area contributed by atoms with Crippen molar-refractivity contribution >= 4 is 58.2 Å². The van der Waals surface area contributed by atoms with Crippen LogP contribution in [0.4, 0.5) is 11.4 Å². The summed E-state index contributed by atoms with van der Waals surface area (Å²) < 4.78 is 5.78. The van der Waals surface area contributed by atoms with Crippen molar-refractivity contribution in [3.8, 4) is 11.3 Å².